The Morgan fingerprint density at radius 1 is 0.935 bits per heavy atom. The van der Waals surface area contributed by atoms with Crippen molar-refractivity contribution >= 4 is 5.78 Å². The highest BCUT2D eigenvalue weighted by Crippen LogP contribution is 2.68. The average molecular weight is 418 g/mol. The van der Waals surface area contributed by atoms with E-state index in [4.69, 9.17) is 10.2 Å². The van der Waals surface area contributed by atoms with E-state index in [0.717, 1.165) is 36.3 Å². The molecular weight excluding hydrogens is 382 g/mol. The van der Waals surface area contributed by atoms with Crippen LogP contribution in [0.25, 0.3) is 5.69 Å². The molecule has 0 amide bonds. The molecule has 1 aromatic carbocycles. The zero-order valence-corrected chi connectivity index (χ0v) is 19.2. The Morgan fingerprint density at radius 2 is 1.71 bits per heavy atom. The molecule has 2 aromatic rings. The number of Topliss-reactive ketones (excluding diaryl/α,β-unsaturated/α-hetero) is 1. The maximum absolute atomic E-state index is 12.4. The van der Waals surface area contributed by atoms with E-state index >= 15 is 0 Å². The van der Waals surface area contributed by atoms with Crippen molar-refractivity contribution in [1.82, 2.24) is 15.0 Å². The lowest BCUT2D eigenvalue weighted by molar-refractivity contribution is -0.129. The van der Waals surface area contributed by atoms with E-state index in [1.165, 1.54) is 49.9 Å². The van der Waals surface area contributed by atoms with Crippen LogP contribution in [0, 0.1) is 34.5 Å². The van der Waals surface area contributed by atoms with Gasteiger partial charge in [0.05, 0.1) is 17.1 Å². The fourth-order valence-electron chi connectivity index (χ4n) is 8.79. The van der Waals surface area contributed by atoms with Gasteiger partial charge in [0.1, 0.15) is 5.78 Å². The fourth-order valence-corrected chi connectivity index (χ4v) is 8.79. The maximum Gasteiger partial charge on any atom is 0.133 e. The van der Waals surface area contributed by atoms with Gasteiger partial charge in [-0.25, -0.2) is 0 Å². The first-order valence-electron chi connectivity index (χ1n) is 12.4. The van der Waals surface area contributed by atoms with Crippen molar-refractivity contribution < 1.29 is 4.79 Å². The van der Waals surface area contributed by atoms with Crippen LogP contribution in [0.15, 0.2) is 30.3 Å². The van der Waals surface area contributed by atoms with Gasteiger partial charge in [-0.3, -0.25) is 4.79 Å². The second-order valence-corrected chi connectivity index (χ2v) is 11.5. The molecule has 0 spiro atoms. The summed E-state index contributed by atoms with van der Waals surface area (Å²) in [4.78, 5) is 14.3. The lowest BCUT2D eigenvalue weighted by Gasteiger charge is -2.59. The lowest BCUT2D eigenvalue weighted by Crippen LogP contribution is -2.52. The molecule has 6 rings (SSSR count). The van der Waals surface area contributed by atoms with Gasteiger partial charge in [0.15, 0.2) is 0 Å². The van der Waals surface area contributed by atoms with Crippen LogP contribution >= 0.6 is 0 Å². The molecule has 3 fully saturated rings. The third-order valence-electron chi connectivity index (χ3n) is 10.3. The molecule has 0 unspecified atom stereocenters. The molecule has 1 heterocycles. The minimum atomic E-state index is 0.243. The Morgan fingerprint density at radius 3 is 2.48 bits per heavy atom. The van der Waals surface area contributed by atoms with Crippen LogP contribution < -0.4 is 0 Å². The molecule has 0 N–H and O–H groups in total. The average Bonchev–Trinajstić information content (AvgIpc) is 3.35. The highest BCUT2D eigenvalue weighted by atomic mass is 16.1. The number of aromatic nitrogens is 3. The van der Waals surface area contributed by atoms with E-state index in [2.05, 4.69) is 38.1 Å². The number of ketones is 1. The standard InChI is InChI=1S/C27H35N3O/c1-17(31)20-11-12-21-19-9-10-23-25-24(28-30(29-25)18-7-5-4-6-8-18)14-16-27(23,3)22(19)13-15-26(20,21)2/h4-8,19-23H,9-16H2,1-3H3/t19-,20+,21-,22-,23-,26+,27+/m0/s1. The minimum Gasteiger partial charge on any atom is -0.300 e. The Bertz CT molecular complexity index is 1010. The van der Waals surface area contributed by atoms with E-state index in [1.807, 2.05) is 17.8 Å². The third-order valence-corrected chi connectivity index (χ3v) is 10.3. The van der Waals surface area contributed by atoms with Crippen LogP contribution in [-0.4, -0.2) is 20.8 Å². The van der Waals surface area contributed by atoms with E-state index in [1.54, 1.807) is 0 Å². The molecule has 164 valence electrons. The first-order valence-corrected chi connectivity index (χ1v) is 12.4. The summed E-state index contributed by atoms with van der Waals surface area (Å²) in [6, 6.07) is 10.3. The maximum atomic E-state index is 12.4. The number of aryl methyl sites for hydroxylation is 1. The van der Waals surface area contributed by atoms with Gasteiger partial charge in [-0.05, 0) is 99.0 Å². The summed E-state index contributed by atoms with van der Waals surface area (Å²) in [7, 11) is 0. The molecule has 31 heavy (non-hydrogen) atoms. The molecule has 7 atom stereocenters. The number of benzene rings is 1. The number of nitrogens with zero attached hydrogens (tertiary/aromatic N) is 3. The van der Waals surface area contributed by atoms with Gasteiger partial charge in [0.25, 0.3) is 0 Å². The quantitative estimate of drug-likeness (QED) is 0.625. The summed E-state index contributed by atoms with van der Waals surface area (Å²) in [5, 5.41) is 9.97. The molecule has 4 aliphatic rings. The van der Waals surface area contributed by atoms with Crippen LogP contribution in [0.4, 0.5) is 0 Å². The molecule has 4 aliphatic carbocycles. The second-order valence-electron chi connectivity index (χ2n) is 11.5. The van der Waals surface area contributed by atoms with Crippen molar-refractivity contribution in [3.05, 3.63) is 41.7 Å². The van der Waals surface area contributed by atoms with Gasteiger partial charge >= 0.3 is 0 Å². The van der Waals surface area contributed by atoms with E-state index < -0.39 is 0 Å². The van der Waals surface area contributed by atoms with Gasteiger partial charge in [0, 0.05) is 11.8 Å². The molecule has 4 nitrogen and oxygen atoms in total. The Hall–Kier alpha value is -1.97. The van der Waals surface area contributed by atoms with Gasteiger partial charge in [-0.1, -0.05) is 32.0 Å². The molecule has 0 aliphatic heterocycles. The van der Waals surface area contributed by atoms with Crippen molar-refractivity contribution in [2.24, 2.45) is 34.5 Å². The normalized spacial score (nSPS) is 41.1. The smallest absolute Gasteiger partial charge is 0.133 e. The van der Waals surface area contributed by atoms with Gasteiger partial charge < -0.3 is 0 Å². The van der Waals surface area contributed by atoms with Crippen LogP contribution in [0.2, 0.25) is 0 Å². The predicted molar refractivity (Wildman–Crippen MR) is 121 cm³/mol. The predicted octanol–water partition coefficient (Wildman–Crippen LogP) is 5.74. The zero-order valence-electron chi connectivity index (χ0n) is 19.2. The van der Waals surface area contributed by atoms with Gasteiger partial charge in [-0.15, -0.1) is 0 Å². The van der Waals surface area contributed by atoms with Crippen molar-refractivity contribution in [2.45, 2.75) is 78.1 Å². The summed E-state index contributed by atoms with van der Waals surface area (Å²) in [5.41, 5.74) is 4.12. The van der Waals surface area contributed by atoms with Crippen molar-refractivity contribution in [3.63, 3.8) is 0 Å². The second kappa shape index (κ2) is 6.76. The fraction of sp³-hybridized carbons (Fsp3) is 0.667. The van der Waals surface area contributed by atoms with Crippen molar-refractivity contribution in [3.8, 4) is 5.69 Å². The SMILES string of the molecule is CC(=O)[C@H]1CC[C@H]2[C@@H]3CC[C@H]4c5nn(-c6ccccc6)nc5CC[C@]4(C)[C@H]3CC[C@]12C. The highest BCUT2D eigenvalue weighted by Gasteiger charge is 2.61. The molecule has 1 aromatic heterocycles. The van der Waals surface area contributed by atoms with Crippen LogP contribution in [0.1, 0.15) is 83.0 Å². The van der Waals surface area contributed by atoms with E-state index in [9.17, 15) is 4.79 Å². The number of carbonyl (C=O) groups excluding carboxylic acids is 1. The molecule has 0 saturated heterocycles. The monoisotopic (exact) mass is 417 g/mol. The van der Waals surface area contributed by atoms with Gasteiger partial charge in [-0.2, -0.15) is 15.0 Å². The number of para-hydroxylation sites is 1. The molecule has 0 radical (unpaired) electrons. The van der Waals surface area contributed by atoms with Crippen LogP contribution in [-0.2, 0) is 11.2 Å². The van der Waals surface area contributed by atoms with Crippen molar-refractivity contribution in [1.29, 1.82) is 0 Å². The molecular formula is C27H35N3O. The number of rotatable bonds is 2. The summed E-state index contributed by atoms with van der Waals surface area (Å²) < 4.78 is 0. The molecule has 0 bridgehead atoms. The number of carbonyl (C=O) groups is 1. The minimum absolute atomic E-state index is 0.243. The highest BCUT2D eigenvalue weighted by molar-refractivity contribution is 5.79. The number of fused-ring (bicyclic) bond motifs is 7. The summed E-state index contributed by atoms with van der Waals surface area (Å²) >= 11 is 0. The number of hydrogen-bond acceptors (Lipinski definition) is 3. The van der Waals surface area contributed by atoms with Crippen LogP contribution in [0.3, 0.4) is 0 Å². The van der Waals surface area contributed by atoms with Gasteiger partial charge in [0.2, 0.25) is 0 Å². The third kappa shape index (κ3) is 2.69. The first kappa shape index (κ1) is 19.7. The Labute approximate surface area is 185 Å². The van der Waals surface area contributed by atoms with E-state index in [-0.39, 0.29) is 5.41 Å². The first-order chi connectivity index (χ1) is 14.9. The Kier molecular flexibility index (Phi) is 4.30. The zero-order chi connectivity index (χ0) is 21.4. The van der Waals surface area contributed by atoms with Crippen molar-refractivity contribution in [2.75, 3.05) is 0 Å². The Balaban J connectivity index is 1.32. The summed E-state index contributed by atoms with van der Waals surface area (Å²) in [5.74, 6) is 3.56. The summed E-state index contributed by atoms with van der Waals surface area (Å²) in [6.07, 6.45) is 9.72. The molecule has 3 saturated carbocycles. The largest absolute Gasteiger partial charge is 0.300 e. The summed E-state index contributed by atoms with van der Waals surface area (Å²) in [6.45, 7) is 6.85. The molecule has 4 heteroatoms. The lowest BCUT2D eigenvalue weighted by atomic mass is 9.45. The van der Waals surface area contributed by atoms with E-state index in [0.29, 0.717) is 23.0 Å². The van der Waals surface area contributed by atoms with Crippen LogP contribution in [0.5, 0.6) is 0 Å². The topological polar surface area (TPSA) is 47.8 Å². The number of hydrogen-bond donors (Lipinski definition) is 0.